The van der Waals surface area contributed by atoms with Gasteiger partial charge in [-0.3, -0.25) is 0 Å². The highest BCUT2D eigenvalue weighted by atomic mass is 35.5. The minimum atomic E-state index is -2.04. The van der Waals surface area contributed by atoms with Crippen LogP contribution in [0.25, 0.3) is 0 Å². The first-order valence-corrected chi connectivity index (χ1v) is 23.3. The monoisotopic (exact) mass is 676 g/mol. The second-order valence-corrected chi connectivity index (χ2v) is 26.4. The van der Waals surface area contributed by atoms with Crippen molar-refractivity contribution >= 4 is 34.2 Å². The molecule has 0 saturated heterocycles. The third-order valence-corrected chi connectivity index (χ3v) is 20.5. The number of halogens is 1. The molecule has 5 nitrogen and oxygen atoms in total. The van der Waals surface area contributed by atoms with E-state index >= 15 is 0 Å². The second kappa shape index (κ2) is 15.8. The predicted octanol–water partition coefficient (Wildman–Crippen LogP) is 10.0. The quantitative estimate of drug-likeness (QED) is 0.0768. The summed E-state index contributed by atoms with van der Waals surface area (Å²) in [5.74, 6) is 6.85. The van der Waals surface area contributed by atoms with Crippen LogP contribution < -0.4 is 0 Å². The van der Waals surface area contributed by atoms with Crippen molar-refractivity contribution in [1.29, 1.82) is 0 Å². The lowest BCUT2D eigenvalue weighted by molar-refractivity contribution is -0.145. The van der Waals surface area contributed by atoms with Crippen molar-refractivity contribution in [2.24, 2.45) is 11.8 Å². The van der Waals surface area contributed by atoms with Gasteiger partial charge in [0.25, 0.3) is 0 Å². The minimum Gasteiger partial charge on any atom is -0.467 e. The van der Waals surface area contributed by atoms with Gasteiger partial charge in [0, 0.05) is 17.7 Å². The molecule has 0 spiro atoms. The molecule has 2 aliphatic rings. The Balaban J connectivity index is 1.91. The Hall–Kier alpha value is -1.15. The number of alkyl halides is 1. The summed E-state index contributed by atoms with van der Waals surface area (Å²) >= 11 is 7.12. The molecule has 2 aliphatic carbocycles. The lowest BCUT2D eigenvalue weighted by atomic mass is 9.81. The topological polar surface area (TPSA) is 54.0 Å². The van der Waals surface area contributed by atoms with E-state index in [0.717, 1.165) is 6.42 Å². The van der Waals surface area contributed by atoms with Crippen LogP contribution in [-0.4, -0.2) is 54.4 Å². The Morgan fingerprint density at radius 1 is 0.933 bits per heavy atom. The fourth-order valence-electron chi connectivity index (χ4n) is 6.20. The molecule has 1 aromatic carbocycles. The third kappa shape index (κ3) is 10.2. The van der Waals surface area contributed by atoms with Gasteiger partial charge in [0.05, 0.1) is 19.3 Å². The number of methoxy groups -OCH3 is 1. The predicted molar refractivity (Wildman–Crippen MR) is 192 cm³/mol. The molecule has 45 heavy (non-hydrogen) atoms. The minimum absolute atomic E-state index is 0.0355. The number of hydrogen-bond donors (Lipinski definition) is 0. The number of carbonyl (C=O) groups excluding carboxylic acids is 1. The molecule has 0 heterocycles. The maximum absolute atomic E-state index is 11.4. The van der Waals surface area contributed by atoms with Crippen LogP contribution in [0.2, 0.25) is 36.3 Å². The smallest absolute Gasteiger partial charge is 0.331 e. The van der Waals surface area contributed by atoms with Crippen LogP contribution in [0.3, 0.4) is 0 Å². The van der Waals surface area contributed by atoms with E-state index in [9.17, 15) is 4.79 Å². The first kappa shape index (κ1) is 38.3. The molecule has 254 valence electrons. The highest BCUT2D eigenvalue weighted by Crippen LogP contribution is 2.50. The van der Waals surface area contributed by atoms with Gasteiger partial charge < -0.3 is 18.3 Å². The van der Waals surface area contributed by atoms with Crippen LogP contribution in [0.1, 0.15) is 110 Å². The zero-order valence-electron chi connectivity index (χ0n) is 30.1. The molecule has 5 atom stereocenters. The summed E-state index contributed by atoms with van der Waals surface area (Å²) in [6.07, 6.45) is 8.04. The van der Waals surface area contributed by atoms with Crippen LogP contribution in [0.15, 0.2) is 24.3 Å². The molecule has 1 unspecified atom stereocenters. The van der Waals surface area contributed by atoms with Crippen LogP contribution in [0, 0.1) is 23.7 Å². The highest BCUT2D eigenvalue weighted by molar-refractivity contribution is 6.74. The number of benzene rings is 1. The summed E-state index contributed by atoms with van der Waals surface area (Å²) in [6.45, 7) is 23.4. The zero-order chi connectivity index (χ0) is 33.6. The van der Waals surface area contributed by atoms with Crippen molar-refractivity contribution in [3.63, 3.8) is 0 Å². The molecule has 0 aliphatic heterocycles. The van der Waals surface area contributed by atoms with Crippen molar-refractivity contribution in [1.82, 2.24) is 0 Å². The van der Waals surface area contributed by atoms with Gasteiger partial charge in [0.2, 0.25) is 0 Å². The Bertz CT molecular complexity index is 1150. The second-order valence-electron chi connectivity index (χ2n) is 16.3. The Morgan fingerprint density at radius 3 is 2.09 bits per heavy atom. The molecule has 1 aromatic rings. The first-order chi connectivity index (χ1) is 20.9. The van der Waals surface area contributed by atoms with Crippen LogP contribution in [0.4, 0.5) is 0 Å². The van der Waals surface area contributed by atoms with E-state index in [-0.39, 0.29) is 52.7 Å². The van der Waals surface area contributed by atoms with E-state index in [1.807, 2.05) is 0 Å². The Kier molecular flexibility index (Phi) is 13.5. The molecular weight excluding hydrogens is 616 g/mol. The largest absolute Gasteiger partial charge is 0.467 e. The summed E-state index contributed by atoms with van der Waals surface area (Å²) in [6, 6.07) is 9.30. The van der Waals surface area contributed by atoms with Crippen LogP contribution in [0.5, 0.6) is 0 Å². The van der Waals surface area contributed by atoms with Crippen LogP contribution in [-0.2, 0) is 23.1 Å². The van der Waals surface area contributed by atoms with Gasteiger partial charge in [-0.25, -0.2) is 4.79 Å². The van der Waals surface area contributed by atoms with Crippen molar-refractivity contribution < 1.29 is 23.1 Å². The SMILES string of the molecule is COC(=O)COCC#CC[C@@H]1[C@@H](c2ccc(C(O[Si](C)(C)C(C)(C)C)C3CCCCC3)cc2)[C@H](O[Si](C)(C)C(C)(C)C)C[C@H]1Cl. The molecule has 3 rings (SSSR count). The van der Waals surface area contributed by atoms with Gasteiger partial charge in [-0.15, -0.1) is 17.5 Å². The van der Waals surface area contributed by atoms with Gasteiger partial charge in [-0.05, 0) is 78.5 Å². The maximum Gasteiger partial charge on any atom is 0.331 e. The number of hydrogen-bond acceptors (Lipinski definition) is 5. The normalized spacial score (nSPS) is 24.2. The number of esters is 1. The Morgan fingerprint density at radius 2 is 1.53 bits per heavy atom. The molecule has 2 saturated carbocycles. The van der Waals surface area contributed by atoms with E-state index in [4.69, 9.17) is 25.2 Å². The lowest BCUT2D eigenvalue weighted by Crippen LogP contribution is -2.44. The van der Waals surface area contributed by atoms with Gasteiger partial charge in [-0.1, -0.05) is 91.0 Å². The van der Waals surface area contributed by atoms with Gasteiger partial charge in [0.15, 0.2) is 16.6 Å². The maximum atomic E-state index is 11.4. The van der Waals surface area contributed by atoms with Gasteiger partial charge in [0.1, 0.15) is 13.2 Å². The van der Waals surface area contributed by atoms with Gasteiger partial charge >= 0.3 is 5.97 Å². The van der Waals surface area contributed by atoms with E-state index < -0.39 is 22.6 Å². The van der Waals surface area contributed by atoms with E-state index in [1.54, 1.807) is 0 Å². The van der Waals surface area contributed by atoms with E-state index in [2.05, 4.69) is 109 Å². The van der Waals surface area contributed by atoms with Gasteiger partial charge in [-0.2, -0.15) is 0 Å². The molecule has 0 amide bonds. The molecular formula is C37H61ClO5Si2. The summed E-state index contributed by atoms with van der Waals surface area (Å²) in [5, 5.41) is 0.227. The standard InChI is InChI=1S/C37H61ClO5Si2/c1-36(2,3)44(8,9)42-32-25-31(38)30(19-15-16-24-41-26-33(39)40-7)34(32)27-20-22-29(23-21-27)35(28-17-13-12-14-18-28)43-45(10,11)37(4,5)6/h20-23,28,30-32,34-35H,12-14,17-19,24-26H2,1-11H3/t30-,31+,32+,34+,35?/m0/s1. The molecule has 0 bridgehead atoms. The molecule has 0 N–H and O–H groups in total. The zero-order valence-corrected chi connectivity index (χ0v) is 32.8. The highest BCUT2D eigenvalue weighted by Gasteiger charge is 2.48. The summed E-state index contributed by atoms with van der Waals surface area (Å²) < 4.78 is 24.3. The molecule has 0 radical (unpaired) electrons. The summed E-state index contributed by atoms with van der Waals surface area (Å²) in [4.78, 5) is 11.4. The summed E-state index contributed by atoms with van der Waals surface area (Å²) in [5.41, 5.74) is 2.57. The fourth-order valence-corrected chi connectivity index (χ4v) is 9.29. The number of carbonyl (C=O) groups is 1. The fraction of sp³-hybridized carbons (Fsp3) is 0.757. The van der Waals surface area contributed by atoms with Crippen molar-refractivity contribution in [2.45, 2.75) is 146 Å². The van der Waals surface area contributed by atoms with Crippen molar-refractivity contribution in [3.8, 4) is 11.8 Å². The number of ether oxygens (including phenoxy) is 2. The lowest BCUT2D eigenvalue weighted by Gasteiger charge is -2.42. The van der Waals surface area contributed by atoms with E-state index in [1.165, 1.54) is 50.3 Å². The number of rotatable bonds is 11. The summed E-state index contributed by atoms with van der Waals surface area (Å²) in [7, 11) is -2.65. The third-order valence-electron chi connectivity index (χ3n) is 11.1. The van der Waals surface area contributed by atoms with Crippen molar-refractivity contribution in [2.75, 3.05) is 20.3 Å². The average Bonchev–Trinajstić information content (AvgIpc) is 3.26. The molecule has 8 heteroatoms. The van der Waals surface area contributed by atoms with E-state index in [0.29, 0.717) is 12.3 Å². The Labute approximate surface area is 282 Å². The first-order valence-electron chi connectivity index (χ1n) is 17.1. The molecule has 0 aromatic heterocycles. The average molecular weight is 678 g/mol. The van der Waals surface area contributed by atoms with Crippen LogP contribution >= 0.6 is 11.6 Å². The molecule has 2 fully saturated rings. The van der Waals surface area contributed by atoms with Crippen molar-refractivity contribution in [3.05, 3.63) is 35.4 Å².